The first kappa shape index (κ1) is 11.7. The van der Waals surface area contributed by atoms with Gasteiger partial charge in [0.05, 0.1) is 12.4 Å². The van der Waals surface area contributed by atoms with Gasteiger partial charge < -0.3 is 4.90 Å². The van der Waals surface area contributed by atoms with Gasteiger partial charge in [-0.2, -0.15) is 5.26 Å². The van der Waals surface area contributed by atoms with Crippen LogP contribution in [-0.4, -0.2) is 16.5 Å². The van der Waals surface area contributed by atoms with E-state index >= 15 is 0 Å². The van der Waals surface area contributed by atoms with Crippen LogP contribution < -0.4 is 4.90 Å². The lowest BCUT2D eigenvalue weighted by Gasteiger charge is -2.33. The molecule has 1 aliphatic rings. The summed E-state index contributed by atoms with van der Waals surface area (Å²) in [6, 6.07) is 10.4. The molecule has 0 aliphatic carbocycles. The summed E-state index contributed by atoms with van der Waals surface area (Å²) < 4.78 is 0. The Morgan fingerprint density at radius 3 is 2.84 bits per heavy atom. The molecule has 4 heteroatoms. The van der Waals surface area contributed by atoms with E-state index in [2.05, 4.69) is 40.0 Å². The molecule has 19 heavy (non-hydrogen) atoms. The lowest BCUT2D eigenvalue weighted by atomic mass is 9.94. The first-order valence-corrected chi connectivity index (χ1v) is 6.35. The highest BCUT2D eigenvalue weighted by atomic mass is 15.2. The van der Waals surface area contributed by atoms with Crippen LogP contribution >= 0.6 is 0 Å². The smallest absolute Gasteiger partial charge is 0.158 e. The van der Waals surface area contributed by atoms with E-state index in [0.717, 1.165) is 18.8 Å². The SMILES string of the molecule is CC1Cc2ccccc2N(c2cnc(C#N)cn2)C1. The van der Waals surface area contributed by atoms with Gasteiger partial charge in [-0.1, -0.05) is 25.1 Å². The van der Waals surface area contributed by atoms with Crippen molar-refractivity contribution in [1.29, 1.82) is 5.26 Å². The summed E-state index contributed by atoms with van der Waals surface area (Å²) in [5, 5.41) is 8.77. The molecule has 94 valence electrons. The molecule has 1 aromatic carbocycles. The molecule has 2 heterocycles. The number of hydrogen-bond acceptors (Lipinski definition) is 4. The number of aromatic nitrogens is 2. The maximum atomic E-state index is 8.77. The standard InChI is InChI=1S/C15H14N4/c1-11-6-12-4-2-3-5-14(12)19(10-11)15-9-17-13(7-16)8-18-15/h2-5,8-9,11H,6,10H2,1H3. The summed E-state index contributed by atoms with van der Waals surface area (Å²) in [5.41, 5.74) is 2.88. The Kier molecular flexibility index (Phi) is 2.88. The minimum absolute atomic E-state index is 0.349. The number of fused-ring (bicyclic) bond motifs is 1. The van der Waals surface area contributed by atoms with Gasteiger partial charge in [0.2, 0.25) is 0 Å². The van der Waals surface area contributed by atoms with Gasteiger partial charge in [-0.25, -0.2) is 9.97 Å². The Balaban J connectivity index is 2.02. The van der Waals surface area contributed by atoms with Crippen molar-refractivity contribution in [3.63, 3.8) is 0 Å². The van der Waals surface area contributed by atoms with Crippen LogP contribution in [-0.2, 0) is 6.42 Å². The summed E-state index contributed by atoms with van der Waals surface area (Å²) in [4.78, 5) is 10.6. The van der Waals surface area contributed by atoms with Crippen LogP contribution in [0.15, 0.2) is 36.7 Å². The maximum Gasteiger partial charge on any atom is 0.158 e. The van der Waals surface area contributed by atoms with Crippen LogP contribution in [0, 0.1) is 17.2 Å². The molecule has 0 radical (unpaired) electrons. The first-order valence-electron chi connectivity index (χ1n) is 6.35. The van der Waals surface area contributed by atoms with E-state index in [4.69, 9.17) is 5.26 Å². The summed E-state index contributed by atoms with van der Waals surface area (Å²) in [5.74, 6) is 1.38. The van der Waals surface area contributed by atoms with Crippen molar-refractivity contribution >= 4 is 11.5 Å². The van der Waals surface area contributed by atoms with Crippen LogP contribution in [0.4, 0.5) is 11.5 Å². The number of para-hydroxylation sites is 1. The number of rotatable bonds is 1. The average Bonchev–Trinajstić information content (AvgIpc) is 2.46. The molecule has 1 atom stereocenters. The fraction of sp³-hybridized carbons (Fsp3) is 0.267. The third-order valence-electron chi connectivity index (χ3n) is 3.37. The Bertz CT molecular complexity index is 627. The quantitative estimate of drug-likeness (QED) is 0.780. The third-order valence-corrected chi connectivity index (χ3v) is 3.37. The van der Waals surface area contributed by atoms with Crippen LogP contribution in [0.3, 0.4) is 0 Å². The maximum absolute atomic E-state index is 8.77. The molecule has 0 N–H and O–H groups in total. The molecule has 2 aromatic rings. The van der Waals surface area contributed by atoms with Gasteiger partial charge in [0.25, 0.3) is 0 Å². The number of benzene rings is 1. The topological polar surface area (TPSA) is 52.8 Å². The normalized spacial score (nSPS) is 17.7. The highest BCUT2D eigenvalue weighted by Gasteiger charge is 2.23. The molecule has 1 unspecified atom stereocenters. The predicted molar refractivity (Wildman–Crippen MR) is 73.1 cm³/mol. The van der Waals surface area contributed by atoms with Crippen molar-refractivity contribution in [3.05, 3.63) is 47.9 Å². The van der Waals surface area contributed by atoms with Crippen LogP contribution in [0.5, 0.6) is 0 Å². The lowest BCUT2D eigenvalue weighted by molar-refractivity contribution is 0.559. The zero-order valence-corrected chi connectivity index (χ0v) is 10.7. The second kappa shape index (κ2) is 4.69. The van der Waals surface area contributed by atoms with Crippen molar-refractivity contribution in [3.8, 4) is 6.07 Å². The number of anilines is 2. The van der Waals surface area contributed by atoms with Crippen LogP contribution in [0.1, 0.15) is 18.2 Å². The van der Waals surface area contributed by atoms with Crippen LogP contribution in [0.2, 0.25) is 0 Å². The van der Waals surface area contributed by atoms with E-state index < -0.39 is 0 Å². The van der Waals surface area contributed by atoms with Gasteiger partial charge >= 0.3 is 0 Å². The highest BCUT2D eigenvalue weighted by Crippen LogP contribution is 2.33. The van der Waals surface area contributed by atoms with E-state index in [1.54, 1.807) is 6.20 Å². The Labute approximate surface area is 112 Å². The summed E-state index contributed by atoms with van der Waals surface area (Å²) in [6.45, 7) is 3.16. The van der Waals surface area contributed by atoms with Gasteiger partial charge in [-0.3, -0.25) is 0 Å². The molecule has 3 rings (SSSR count). The van der Waals surface area contributed by atoms with E-state index in [9.17, 15) is 0 Å². The fourth-order valence-corrected chi connectivity index (χ4v) is 2.53. The second-order valence-corrected chi connectivity index (χ2v) is 4.92. The Hall–Kier alpha value is -2.41. The highest BCUT2D eigenvalue weighted by molar-refractivity contribution is 5.65. The van der Waals surface area contributed by atoms with E-state index in [1.807, 2.05) is 12.1 Å². The third kappa shape index (κ3) is 2.15. The Morgan fingerprint density at radius 2 is 2.11 bits per heavy atom. The minimum atomic E-state index is 0.349. The van der Waals surface area contributed by atoms with Crippen molar-refractivity contribution in [2.45, 2.75) is 13.3 Å². The van der Waals surface area contributed by atoms with Gasteiger partial charge in [-0.15, -0.1) is 0 Å². The Morgan fingerprint density at radius 1 is 1.26 bits per heavy atom. The molecule has 0 saturated heterocycles. The monoisotopic (exact) mass is 250 g/mol. The molecule has 1 aliphatic heterocycles. The van der Waals surface area contributed by atoms with Gasteiger partial charge in [0.1, 0.15) is 6.07 Å². The van der Waals surface area contributed by atoms with Crippen molar-refractivity contribution in [1.82, 2.24) is 9.97 Å². The fourth-order valence-electron chi connectivity index (χ4n) is 2.53. The summed E-state index contributed by atoms with van der Waals surface area (Å²) >= 11 is 0. The molecule has 0 amide bonds. The van der Waals surface area contributed by atoms with E-state index in [-0.39, 0.29) is 0 Å². The predicted octanol–water partition coefficient (Wildman–Crippen LogP) is 2.68. The zero-order chi connectivity index (χ0) is 13.2. The van der Waals surface area contributed by atoms with E-state index in [0.29, 0.717) is 11.6 Å². The molecule has 4 nitrogen and oxygen atoms in total. The average molecular weight is 250 g/mol. The molecule has 0 spiro atoms. The lowest BCUT2D eigenvalue weighted by Crippen LogP contribution is -2.31. The number of nitriles is 1. The largest absolute Gasteiger partial charge is 0.325 e. The molecule has 0 saturated carbocycles. The first-order chi connectivity index (χ1) is 9.28. The molecule has 1 aromatic heterocycles. The minimum Gasteiger partial charge on any atom is -0.325 e. The number of hydrogen-bond donors (Lipinski definition) is 0. The summed E-state index contributed by atoms with van der Waals surface area (Å²) in [6.07, 6.45) is 4.29. The van der Waals surface area contributed by atoms with E-state index in [1.165, 1.54) is 17.4 Å². The van der Waals surface area contributed by atoms with Crippen molar-refractivity contribution in [2.24, 2.45) is 5.92 Å². The number of nitrogens with zero attached hydrogens (tertiary/aromatic N) is 4. The molecular weight excluding hydrogens is 236 g/mol. The molecule has 0 bridgehead atoms. The van der Waals surface area contributed by atoms with Gasteiger partial charge in [0.15, 0.2) is 11.5 Å². The zero-order valence-electron chi connectivity index (χ0n) is 10.7. The molecule has 0 fully saturated rings. The van der Waals surface area contributed by atoms with Crippen LogP contribution in [0.25, 0.3) is 0 Å². The van der Waals surface area contributed by atoms with Crippen molar-refractivity contribution < 1.29 is 0 Å². The second-order valence-electron chi connectivity index (χ2n) is 4.92. The van der Waals surface area contributed by atoms with Crippen molar-refractivity contribution in [2.75, 3.05) is 11.4 Å². The van der Waals surface area contributed by atoms with Gasteiger partial charge in [0, 0.05) is 12.2 Å². The summed E-state index contributed by atoms with van der Waals surface area (Å²) in [7, 11) is 0. The van der Waals surface area contributed by atoms with Gasteiger partial charge in [-0.05, 0) is 24.0 Å². The molecular formula is C15H14N4.